The number of sulfonamides is 1. The van der Waals surface area contributed by atoms with Crippen molar-refractivity contribution in [2.75, 3.05) is 13.1 Å². The summed E-state index contributed by atoms with van der Waals surface area (Å²) in [6, 6.07) is 7.26. The van der Waals surface area contributed by atoms with Crippen LogP contribution in [-0.2, 0) is 15.8 Å². The van der Waals surface area contributed by atoms with Crippen molar-refractivity contribution in [1.82, 2.24) is 9.62 Å². The number of benzene rings is 1. The highest BCUT2D eigenvalue weighted by molar-refractivity contribution is 7.88. The predicted octanol–water partition coefficient (Wildman–Crippen LogP) is 3.06. The van der Waals surface area contributed by atoms with Crippen LogP contribution in [0.3, 0.4) is 0 Å². The minimum Gasteiger partial charge on any atom is -0.349 e. The molecule has 1 saturated carbocycles. The van der Waals surface area contributed by atoms with Crippen molar-refractivity contribution in [2.24, 2.45) is 0 Å². The van der Waals surface area contributed by atoms with Gasteiger partial charge in [-0.1, -0.05) is 37.8 Å². The smallest absolute Gasteiger partial charge is 0.251 e. The quantitative estimate of drug-likeness (QED) is 0.817. The molecule has 1 amide bonds. The Morgan fingerprint density at radius 3 is 2.16 bits per heavy atom. The molecular weight excluding hydrogens is 336 g/mol. The van der Waals surface area contributed by atoms with Crippen LogP contribution in [0.1, 0.15) is 67.3 Å². The van der Waals surface area contributed by atoms with E-state index < -0.39 is 10.0 Å². The van der Waals surface area contributed by atoms with E-state index in [0.29, 0.717) is 18.7 Å². The van der Waals surface area contributed by atoms with Gasteiger partial charge in [-0.2, -0.15) is 0 Å². The summed E-state index contributed by atoms with van der Waals surface area (Å²) in [6.07, 6.45) is 8.87. The molecule has 0 spiro atoms. The van der Waals surface area contributed by atoms with E-state index in [4.69, 9.17) is 0 Å². The molecule has 1 saturated heterocycles. The number of nitrogens with one attached hydrogen (secondary N) is 1. The van der Waals surface area contributed by atoms with E-state index in [9.17, 15) is 13.2 Å². The molecule has 138 valence electrons. The summed E-state index contributed by atoms with van der Waals surface area (Å²) in [5, 5.41) is 3.12. The molecule has 6 heteroatoms. The minimum atomic E-state index is -3.24. The van der Waals surface area contributed by atoms with Crippen LogP contribution in [0.5, 0.6) is 0 Å². The van der Waals surface area contributed by atoms with E-state index in [1.807, 2.05) is 0 Å². The average molecular weight is 365 g/mol. The Balaban J connectivity index is 1.58. The van der Waals surface area contributed by atoms with Gasteiger partial charge in [0, 0.05) is 24.7 Å². The van der Waals surface area contributed by atoms with Gasteiger partial charge < -0.3 is 5.32 Å². The van der Waals surface area contributed by atoms with Crippen LogP contribution in [0.25, 0.3) is 0 Å². The van der Waals surface area contributed by atoms with E-state index in [1.165, 1.54) is 25.7 Å². The third-order valence-electron chi connectivity index (χ3n) is 5.21. The van der Waals surface area contributed by atoms with Crippen LogP contribution in [0.2, 0.25) is 0 Å². The van der Waals surface area contributed by atoms with Gasteiger partial charge in [-0.25, -0.2) is 12.7 Å². The van der Waals surface area contributed by atoms with Crippen molar-refractivity contribution in [2.45, 2.75) is 63.2 Å². The Bertz CT molecular complexity index is 671. The third-order valence-corrected chi connectivity index (χ3v) is 7.06. The Labute approximate surface area is 150 Å². The van der Waals surface area contributed by atoms with E-state index in [1.54, 1.807) is 28.6 Å². The van der Waals surface area contributed by atoms with Crippen molar-refractivity contribution in [3.8, 4) is 0 Å². The summed E-state index contributed by atoms with van der Waals surface area (Å²) in [7, 11) is -3.24. The Morgan fingerprint density at radius 2 is 1.56 bits per heavy atom. The number of nitrogens with zero attached hydrogens (tertiary/aromatic N) is 1. The topological polar surface area (TPSA) is 66.5 Å². The molecule has 3 rings (SSSR count). The van der Waals surface area contributed by atoms with Gasteiger partial charge in [0.15, 0.2) is 0 Å². The molecule has 1 aliphatic heterocycles. The van der Waals surface area contributed by atoms with Crippen molar-refractivity contribution in [3.05, 3.63) is 35.4 Å². The van der Waals surface area contributed by atoms with Gasteiger partial charge in [0.25, 0.3) is 5.91 Å². The molecule has 5 nitrogen and oxygen atoms in total. The van der Waals surface area contributed by atoms with Crippen molar-refractivity contribution >= 4 is 15.9 Å². The second kappa shape index (κ2) is 8.32. The molecule has 0 atom stereocenters. The maximum absolute atomic E-state index is 12.4. The summed E-state index contributed by atoms with van der Waals surface area (Å²) in [5.41, 5.74) is 1.34. The lowest BCUT2D eigenvalue weighted by Crippen LogP contribution is -2.34. The van der Waals surface area contributed by atoms with Gasteiger partial charge in [-0.3, -0.25) is 4.79 Å². The first-order valence-electron chi connectivity index (χ1n) is 9.42. The van der Waals surface area contributed by atoms with Crippen LogP contribution >= 0.6 is 0 Å². The molecular formula is C19H28N2O3S. The van der Waals surface area contributed by atoms with Gasteiger partial charge in [0.1, 0.15) is 0 Å². The third kappa shape index (κ3) is 5.05. The van der Waals surface area contributed by atoms with E-state index >= 15 is 0 Å². The summed E-state index contributed by atoms with van der Waals surface area (Å²) in [5.74, 6) is -0.0433. The van der Waals surface area contributed by atoms with Crippen LogP contribution < -0.4 is 5.32 Å². The van der Waals surface area contributed by atoms with Crippen molar-refractivity contribution in [1.29, 1.82) is 0 Å². The van der Waals surface area contributed by atoms with Crippen LogP contribution in [0, 0.1) is 0 Å². The Morgan fingerprint density at radius 1 is 0.960 bits per heavy atom. The molecule has 0 aromatic heterocycles. The first-order valence-corrected chi connectivity index (χ1v) is 11.0. The zero-order valence-electron chi connectivity index (χ0n) is 14.7. The predicted molar refractivity (Wildman–Crippen MR) is 98.8 cm³/mol. The Hall–Kier alpha value is -1.40. The van der Waals surface area contributed by atoms with Crippen molar-refractivity contribution < 1.29 is 13.2 Å². The Kier molecular flexibility index (Phi) is 6.12. The second-order valence-corrected chi connectivity index (χ2v) is 9.19. The number of rotatable bonds is 5. The largest absolute Gasteiger partial charge is 0.349 e. The van der Waals surface area contributed by atoms with E-state index in [0.717, 1.165) is 31.2 Å². The summed E-state index contributed by atoms with van der Waals surface area (Å²) >= 11 is 0. The van der Waals surface area contributed by atoms with E-state index in [-0.39, 0.29) is 17.7 Å². The molecule has 1 N–H and O–H groups in total. The zero-order valence-corrected chi connectivity index (χ0v) is 15.6. The van der Waals surface area contributed by atoms with Crippen molar-refractivity contribution in [3.63, 3.8) is 0 Å². The maximum atomic E-state index is 12.4. The normalized spacial score (nSPS) is 20.3. The summed E-state index contributed by atoms with van der Waals surface area (Å²) in [6.45, 7) is 1.26. The van der Waals surface area contributed by atoms with E-state index in [2.05, 4.69) is 5.32 Å². The molecule has 1 aliphatic carbocycles. The molecule has 2 fully saturated rings. The number of carbonyl (C=O) groups excluding carboxylic acids is 1. The number of amides is 1. The first-order chi connectivity index (χ1) is 12.0. The fourth-order valence-electron chi connectivity index (χ4n) is 3.71. The SMILES string of the molecule is O=C(NC1CCCCCC1)c1ccc(CS(=O)(=O)N2CCCC2)cc1. The highest BCUT2D eigenvalue weighted by atomic mass is 32.2. The summed E-state index contributed by atoms with van der Waals surface area (Å²) < 4.78 is 26.3. The number of hydrogen-bond donors (Lipinski definition) is 1. The molecule has 0 radical (unpaired) electrons. The van der Waals surface area contributed by atoms with Crippen LogP contribution in [0.15, 0.2) is 24.3 Å². The first kappa shape index (κ1) is 18.4. The lowest BCUT2D eigenvalue weighted by atomic mass is 10.1. The highest BCUT2D eigenvalue weighted by Crippen LogP contribution is 2.19. The lowest BCUT2D eigenvalue weighted by molar-refractivity contribution is 0.0933. The fraction of sp³-hybridized carbons (Fsp3) is 0.632. The standard InChI is InChI=1S/C19H28N2O3S/c22-19(20-18-7-3-1-2-4-8-18)17-11-9-16(10-12-17)15-25(23,24)21-13-5-6-14-21/h9-12,18H,1-8,13-15H2,(H,20,22). The van der Waals surface area contributed by atoms with Gasteiger partial charge in [0.2, 0.25) is 10.0 Å². The zero-order chi connectivity index (χ0) is 17.7. The number of carbonyl (C=O) groups is 1. The molecule has 0 bridgehead atoms. The summed E-state index contributed by atoms with van der Waals surface area (Å²) in [4.78, 5) is 12.4. The van der Waals surface area contributed by atoms with Gasteiger partial charge in [0.05, 0.1) is 5.75 Å². The van der Waals surface area contributed by atoms with Gasteiger partial charge >= 0.3 is 0 Å². The average Bonchev–Trinajstić information content (AvgIpc) is 3.03. The molecule has 1 heterocycles. The fourth-order valence-corrected chi connectivity index (χ4v) is 5.32. The molecule has 1 aromatic carbocycles. The highest BCUT2D eigenvalue weighted by Gasteiger charge is 2.25. The van der Waals surface area contributed by atoms with Crippen LogP contribution in [-0.4, -0.2) is 37.8 Å². The molecule has 2 aliphatic rings. The monoisotopic (exact) mass is 364 g/mol. The molecule has 1 aromatic rings. The lowest BCUT2D eigenvalue weighted by Gasteiger charge is -2.17. The molecule has 0 unspecified atom stereocenters. The molecule has 25 heavy (non-hydrogen) atoms. The van der Waals surface area contributed by atoms with Crippen LogP contribution in [0.4, 0.5) is 0 Å². The minimum absolute atomic E-state index is 0.0114. The number of hydrogen-bond acceptors (Lipinski definition) is 3. The maximum Gasteiger partial charge on any atom is 0.251 e. The second-order valence-electron chi connectivity index (χ2n) is 7.22. The van der Waals surface area contributed by atoms with Gasteiger partial charge in [-0.05, 0) is 43.4 Å². The van der Waals surface area contributed by atoms with Gasteiger partial charge in [-0.15, -0.1) is 0 Å².